The molecule has 0 aromatic heterocycles. The summed E-state index contributed by atoms with van der Waals surface area (Å²) in [5.74, 6) is 1.93. The summed E-state index contributed by atoms with van der Waals surface area (Å²) >= 11 is 0. The Labute approximate surface area is 249 Å². The van der Waals surface area contributed by atoms with E-state index in [4.69, 9.17) is 15.6 Å². The van der Waals surface area contributed by atoms with Gasteiger partial charge in [0.05, 0.1) is 0 Å². The summed E-state index contributed by atoms with van der Waals surface area (Å²) in [4.78, 5) is 0. The molecule has 3 aromatic rings. The number of aliphatic hydroxyl groups excluding tert-OH is 1. The van der Waals surface area contributed by atoms with Gasteiger partial charge in [-0.05, 0) is 71.1 Å². The average Bonchev–Trinajstić information content (AvgIpc) is 3.60. The molecule has 1 atom stereocenters. The van der Waals surface area contributed by atoms with E-state index in [9.17, 15) is 5.11 Å². The van der Waals surface area contributed by atoms with Gasteiger partial charge in [0.25, 0.3) is 0 Å². The molecule has 3 aromatic carbocycles. The number of benzene rings is 3. The van der Waals surface area contributed by atoms with Crippen LogP contribution in [0.5, 0.6) is 11.5 Å². The second-order valence-corrected chi connectivity index (χ2v) is 12.2. The predicted molar refractivity (Wildman–Crippen MR) is 173 cm³/mol. The molecule has 1 aliphatic carbocycles. The van der Waals surface area contributed by atoms with Crippen LogP contribution in [-0.4, -0.2) is 23.3 Å². The van der Waals surface area contributed by atoms with E-state index in [2.05, 4.69) is 62.6 Å². The Kier molecular flexibility index (Phi) is 8.95. The van der Waals surface area contributed by atoms with Crippen molar-refractivity contribution in [1.82, 2.24) is 10.6 Å². The molecule has 5 N–H and O–H groups in total. The molecule has 42 heavy (non-hydrogen) atoms. The normalized spacial score (nSPS) is 15.5. The Hall–Kier alpha value is -3.74. The van der Waals surface area contributed by atoms with Crippen LogP contribution in [0.3, 0.4) is 0 Å². The minimum Gasteiger partial charge on any atom is -0.457 e. The molecule has 6 heteroatoms. The number of rotatable bonds is 13. The van der Waals surface area contributed by atoms with Gasteiger partial charge in [-0.25, -0.2) is 0 Å². The number of nitrogens with one attached hydrogen (secondary N) is 4. The highest BCUT2D eigenvalue weighted by Crippen LogP contribution is 2.45. The molecule has 1 unspecified atom stereocenters. The van der Waals surface area contributed by atoms with Crippen molar-refractivity contribution >= 4 is 22.4 Å². The number of amidine groups is 2. The quantitative estimate of drug-likeness (QED) is 0.106. The summed E-state index contributed by atoms with van der Waals surface area (Å²) in [5.41, 5.74) is 4.45. The second-order valence-electron chi connectivity index (χ2n) is 12.2. The van der Waals surface area contributed by atoms with Gasteiger partial charge in [-0.3, -0.25) is 16.1 Å². The largest absolute Gasteiger partial charge is 0.457 e. The van der Waals surface area contributed by atoms with Crippen LogP contribution in [0, 0.1) is 10.8 Å². The highest BCUT2D eigenvalue weighted by Gasteiger charge is 2.32. The lowest BCUT2D eigenvalue weighted by Crippen LogP contribution is -2.21. The topological polar surface area (TPSA) is 101 Å². The van der Waals surface area contributed by atoms with Crippen LogP contribution in [0.25, 0.3) is 10.8 Å². The van der Waals surface area contributed by atoms with Gasteiger partial charge in [-0.15, -0.1) is 0 Å². The number of hydrogen-bond donors (Lipinski definition) is 5. The first-order valence-corrected chi connectivity index (χ1v) is 15.4. The van der Waals surface area contributed by atoms with Crippen LogP contribution < -0.4 is 15.4 Å². The summed E-state index contributed by atoms with van der Waals surface area (Å²) in [6.07, 6.45) is 14.3. The fourth-order valence-corrected chi connectivity index (χ4v) is 6.03. The van der Waals surface area contributed by atoms with Gasteiger partial charge in [0.15, 0.2) is 0 Å². The van der Waals surface area contributed by atoms with E-state index >= 15 is 0 Å². The summed E-state index contributed by atoms with van der Waals surface area (Å²) in [5, 5.41) is 36.0. The molecule has 1 aliphatic heterocycles. The van der Waals surface area contributed by atoms with Crippen LogP contribution in [-0.2, 0) is 5.41 Å². The van der Waals surface area contributed by atoms with Gasteiger partial charge in [-0.1, -0.05) is 95.9 Å². The Morgan fingerprint density at radius 2 is 1.67 bits per heavy atom. The fraction of sp³-hybridized carbons (Fsp3) is 0.389. The maximum Gasteiger partial charge on any atom is 0.135 e. The van der Waals surface area contributed by atoms with Gasteiger partial charge in [0, 0.05) is 22.4 Å². The van der Waals surface area contributed by atoms with Gasteiger partial charge >= 0.3 is 0 Å². The molecule has 2 aliphatic rings. The standard InChI is InChI=1S/C36H44N4O2/c1-5-7-11-18-36(3,4)26-20-25-21-28-32(34(38)40-33(28)37)31(23-12-9-10-13-23)30(25)29(22-26)42-27-16-14-24(15-17-27)35(41)39-19-8-6-2/h9-10,12-17,20-23,35,39,41H,5-8,11,18-19H2,1-4H3,(H3,37,38,40). The zero-order chi connectivity index (χ0) is 29.9. The highest BCUT2D eigenvalue weighted by molar-refractivity contribution is 6.26. The SMILES string of the molecule is CCCCCC(C)(C)c1cc(Oc2ccc(C(O)NCCCC)cc2)c2c(C3C=CC=C3)c3c(cc2c1)C(=N)NC3=N. The van der Waals surface area contributed by atoms with Crippen molar-refractivity contribution in [2.24, 2.45) is 0 Å². The smallest absolute Gasteiger partial charge is 0.135 e. The van der Waals surface area contributed by atoms with Crippen LogP contribution in [0.15, 0.2) is 66.8 Å². The first-order chi connectivity index (χ1) is 20.2. The van der Waals surface area contributed by atoms with Gasteiger partial charge in [-0.2, -0.15) is 0 Å². The second kappa shape index (κ2) is 12.6. The van der Waals surface area contributed by atoms with Crippen molar-refractivity contribution in [2.45, 2.75) is 83.8 Å². The summed E-state index contributed by atoms with van der Waals surface area (Å²) in [7, 11) is 0. The predicted octanol–water partition coefficient (Wildman–Crippen LogP) is 8.33. The van der Waals surface area contributed by atoms with E-state index in [0.717, 1.165) is 71.0 Å². The van der Waals surface area contributed by atoms with Crippen molar-refractivity contribution in [1.29, 1.82) is 10.8 Å². The number of aliphatic hydroxyl groups is 1. The van der Waals surface area contributed by atoms with Gasteiger partial charge in [0.1, 0.15) is 29.4 Å². The lowest BCUT2D eigenvalue weighted by Gasteiger charge is -2.28. The number of ether oxygens (including phenoxy) is 1. The van der Waals surface area contributed by atoms with Crippen LogP contribution in [0.2, 0.25) is 0 Å². The zero-order valence-electron chi connectivity index (χ0n) is 25.3. The van der Waals surface area contributed by atoms with Crippen molar-refractivity contribution in [3.63, 3.8) is 0 Å². The fourth-order valence-electron chi connectivity index (χ4n) is 6.03. The molecule has 0 spiro atoms. The van der Waals surface area contributed by atoms with E-state index in [1.807, 2.05) is 42.5 Å². The Morgan fingerprint density at radius 1 is 0.952 bits per heavy atom. The lowest BCUT2D eigenvalue weighted by molar-refractivity contribution is 0.139. The maximum absolute atomic E-state index is 10.6. The third-order valence-electron chi connectivity index (χ3n) is 8.57. The van der Waals surface area contributed by atoms with Gasteiger partial charge in [0.2, 0.25) is 0 Å². The van der Waals surface area contributed by atoms with Crippen molar-refractivity contribution in [2.75, 3.05) is 6.54 Å². The van der Waals surface area contributed by atoms with Crippen molar-refractivity contribution in [3.8, 4) is 11.5 Å². The van der Waals surface area contributed by atoms with E-state index in [-0.39, 0.29) is 23.0 Å². The third-order valence-corrected chi connectivity index (χ3v) is 8.57. The zero-order valence-corrected chi connectivity index (χ0v) is 25.3. The molecular formula is C36H44N4O2. The first-order valence-electron chi connectivity index (χ1n) is 15.4. The van der Waals surface area contributed by atoms with E-state index in [0.29, 0.717) is 5.75 Å². The maximum atomic E-state index is 10.6. The molecule has 0 bridgehead atoms. The molecule has 220 valence electrons. The molecule has 0 amide bonds. The highest BCUT2D eigenvalue weighted by atomic mass is 16.5. The molecule has 0 fully saturated rings. The van der Waals surface area contributed by atoms with Gasteiger partial charge < -0.3 is 15.2 Å². The summed E-state index contributed by atoms with van der Waals surface area (Å²) < 4.78 is 6.71. The van der Waals surface area contributed by atoms with Crippen molar-refractivity contribution in [3.05, 3.63) is 94.6 Å². The number of allylic oxidation sites excluding steroid dienone is 4. The van der Waals surface area contributed by atoms with Crippen LogP contribution in [0.4, 0.5) is 0 Å². The average molecular weight is 565 g/mol. The minimum atomic E-state index is -0.720. The number of fused-ring (bicyclic) bond motifs is 2. The third kappa shape index (κ3) is 6.06. The molecule has 6 nitrogen and oxygen atoms in total. The monoisotopic (exact) mass is 564 g/mol. The molecule has 1 heterocycles. The van der Waals surface area contributed by atoms with E-state index in [1.165, 1.54) is 18.4 Å². The molecule has 0 radical (unpaired) electrons. The Bertz CT molecular complexity index is 1520. The Balaban J connectivity index is 1.63. The number of unbranched alkanes of at least 4 members (excludes halogenated alkanes) is 3. The summed E-state index contributed by atoms with van der Waals surface area (Å²) in [6, 6.07) is 14.1. The number of hydrogen-bond acceptors (Lipinski definition) is 5. The summed E-state index contributed by atoms with van der Waals surface area (Å²) in [6.45, 7) is 9.72. The minimum absolute atomic E-state index is 0.0204. The van der Waals surface area contributed by atoms with E-state index in [1.54, 1.807) is 0 Å². The molecular weight excluding hydrogens is 520 g/mol. The van der Waals surface area contributed by atoms with Crippen molar-refractivity contribution < 1.29 is 9.84 Å². The molecule has 0 saturated heterocycles. The lowest BCUT2D eigenvalue weighted by atomic mass is 9.78. The van der Waals surface area contributed by atoms with Crippen LogP contribution in [0.1, 0.15) is 106 Å². The van der Waals surface area contributed by atoms with E-state index < -0.39 is 6.23 Å². The van der Waals surface area contributed by atoms with Crippen LogP contribution >= 0.6 is 0 Å². The Morgan fingerprint density at radius 3 is 2.36 bits per heavy atom. The first kappa shape index (κ1) is 29.7. The molecule has 5 rings (SSSR count). The molecule has 0 saturated carbocycles.